The molecule has 3 nitrogen and oxygen atoms in total. The van der Waals surface area contributed by atoms with Gasteiger partial charge in [-0.15, -0.1) is 0 Å². The van der Waals surface area contributed by atoms with Crippen molar-refractivity contribution in [2.45, 2.75) is 18.3 Å². The molecule has 2 saturated carbocycles. The molecule has 0 amide bonds. The van der Waals surface area contributed by atoms with Crippen LogP contribution < -0.4 is 10.5 Å². The van der Waals surface area contributed by atoms with Crippen molar-refractivity contribution in [3.63, 3.8) is 0 Å². The minimum Gasteiger partial charge on any atom is -0.492 e. The maximum atomic E-state index is 5.98. The van der Waals surface area contributed by atoms with Crippen LogP contribution in [0.1, 0.15) is 24.0 Å². The summed E-state index contributed by atoms with van der Waals surface area (Å²) in [6.45, 7) is 8.17. The molecule has 3 atom stereocenters. The van der Waals surface area contributed by atoms with E-state index in [1.165, 1.54) is 37.1 Å². The van der Waals surface area contributed by atoms with Crippen LogP contribution in [0.5, 0.6) is 5.75 Å². The first-order valence-electron chi connectivity index (χ1n) is 9.62. The van der Waals surface area contributed by atoms with E-state index in [9.17, 15) is 0 Å². The highest BCUT2D eigenvalue weighted by Gasteiger charge is 2.89. The van der Waals surface area contributed by atoms with Crippen molar-refractivity contribution in [1.82, 2.24) is 4.90 Å². The Hall–Kier alpha value is -2.26. The van der Waals surface area contributed by atoms with Gasteiger partial charge in [-0.25, -0.2) is 0 Å². The molecule has 0 aromatic heterocycles. The summed E-state index contributed by atoms with van der Waals surface area (Å²) in [5.41, 5.74) is 10.4. The second-order valence-corrected chi connectivity index (χ2v) is 8.12. The summed E-state index contributed by atoms with van der Waals surface area (Å²) in [6.07, 6.45) is 4.62. The molecule has 1 saturated heterocycles. The minimum atomic E-state index is 0.402. The van der Waals surface area contributed by atoms with E-state index in [2.05, 4.69) is 29.7 Å². The Bertz CT molecular complexity index is 849. The normalized spacial score (nSPS) is 31.6. The topological polar surface area (TPSA) is 38.5 Å². The Labute approximate surface area is 155 Å². The number of nitrogens with zero attached hydrogens (tertiary/aromatic N) is 1. The van der Waals surface area contributed by atoms with Gasteiger partial charge in [0.15, 0.2) is 0 Å². The van der Waals surface area contributed by atoms with E-state index >= 15 is 0 Å². The van der Waals surface area contributed by atoms with E-state index < -0.39 is 0 Å². The first-order valence-corrected chi connectivity index (χ1v) is 9.62. The Morgan fingerprint density at radius 3 is 2.85 bits per heavy atom. The van der Waals surface area contributed by atoms with Crippen molar-refractivity contribution >= 4 is 11.8 Å². The largest absolute Gasteiger partial charge is 0.492 e. The van der Waals surface area contributed by atoms with Crippen molar-refractivity contribution in [2.24, 2.45) is 11.3 Å². The Morgan fingerprint density at radius 2 is 2.08 bits per heavy atom. The number of rotatable bonds is 6. The molecule has 26 heavy (non-hydrogen) atoms. The lowest BCUT2D eigenvalue weighted by atomic mass is 9.81. The van der Waals surface area contributed by atoms with Crippen molar-refractivity contribution in [1.29, 1.82) is 0 Å². The van der Waals surface area contributed by atoms with Gasteiger partial charge in [0.05, 0.1) is 0 Å². The average Bonchev–Trinajstić information content (AvgIpc) is 3.47. The molecule has 5 rings (SSSR count). The third-order valence-corrected chi connectivity index (χ3v) is 7.01. The number of benzene rings is 2. The van der Waals surface area contributed by atoms with Gasteiger partial charge in [0.2, 0.25) is 0 Å². The summed E-state index contributed by atoms with van der Waals surface area (Å²) < 4.78 is 5.89. The molecule has 3 heteroatoms. The van der Waals surface area contributed by atoms with Gasteiger partial charge < -0.3 is 10.5 Å². The number of hydrogen-bond donors (Lipinski definition) is 1. The zero-order chi connectivity index (χ0) is 17.8. The van der Waals surface area contributed by atoms with E-state index in [-0.39, 0.29) is 0 Å². The highest BCUT2D eigenvalue weighted by atomic mass is 16.5. The van der Waals surface area contributed by atoms with Gasteiger partial charge in [0, 0.05) is 24.2 Å². The number of fused-ring (bicyclic) bond motifs is 3. The first kappa shape index (κ1) is 16.0. The van der Waals surface area contributed by atoms with Gasteiger partial charge in [0.1, 0.15) is 12.4 Å². The molecular formula is C23H26N2O. The monoisotopic (exact) mass is 346 g/mol. The van der Waals surface area contributed by atoms with Crippen molar-refractivity contribution in [3.05, 3.63) is 66.2 Å². The standard InChI is InChI=1S/C23H26N2O/c1-2-17-14-18(24)8-9-20(17)23-15-21(23)22(23)10-11-25(16-22)12-13-26-19-6-4-3-5-7-19/h2-9,14,21H,1,10-13,15-16,24H2. The molecule has 0 radical (unpaired) electrons. The molecule has 1 spiro atoms. The summed E-state index contributed by atoms with van der Waals surface area (Å²) in [7, 11) is 0. The van der Waals surface area contributed by atoms with Crippen molar-refractivity contribution in [3.8, 4) is 5.75 Å². The predicted octanol–water partition coefficient (Wildman–Crippen LogP) is 3.95. The SMILES string of the molecule is C=Cc1cc(N)ccc1C12CC1C21CCN(CCOc2ccccc2)C1. The number of nitrogen functional groups attached to an aromatic ring is 1. The number of ether oxygens (including phenoxy) is 1. The molecule has 3 fully saturated rings. The molecular weight excluding hydrogens is 320 g/mol. The van der Waals surface area contributed by atoms with E-state index in [0.29, 0.717) is 10.8 Å². The summed E-state index contributed by atoms with van der Waals surface area (Å²) in [4.78, 5) is 2.59. The van der Waals surface area contributed by atoms with Gasteiger partial charge in [-0.2, -0.15) is 0 Å². The third-order valence-electron chi connectivity index (χ3n) is 7.01. The molecule has 0 bridgehead atoms. The van der Waals surface area contributed by atoms with Crippen LogP contribution in [0.15, 0.2) is 55.1 Å². The quantitative estimate of drug-likeness (QED) is 0.805. The average molecular weight is 346 g/mol. The predicted molar refractivity (Wildman–Crippen MR) is 106 cm³/mol. The lowest BCUT2D eigenvalue weighted by Gasteiger charge is -2.25. The van der Waals surface area contributed by atoms with Gasteiger partial charge in [0.25, 0.3) is 0 Å². The Kier molecular flexibility index (Phi) is 3.45. The summed E-state index contributed by atoms with van der Waals surface area (Å²) in [5.74, 6) is 1.82. The van der Waals surface area contributed by atoms with Crippen LogP contribution in [0, 0.1) is 11.3 Å². The minimum absolute atomic E-state index is 0.402. The summed E-state index contributed by atoms with van der Waals surface area (Å²) in [6, 6.07) is 16.5. The molecule has 2 aromatic carbocycles. The zero-order valence-electron chi connectivity index (χ0n) is 15.2. The van der Waals surface area contributed by atoms with E-state index in [1.54, 1.807) is 0 Å². The molecule has 2 aliphatic carbocycles. The number of hydrogen-bond acceptors (Lipinski definition) is 3. The molecule has 2 N–H and O–H groups in total. The Balaban J connectivity index is 1.24. The fraction of sp³-hybridized carbons (Fsp3) is 0.391. The molecule has 3 unspecified atom stereocenters. The molecule has 2 aromatic rings. The Morgan fingerprint density at radius 1 is 1.23 bits per heavy atom. The lowest BCUT2D eigenvalue weighted by molar-refractivity contribution is 0.221. The third kappa shape index (κ3) is 2.16. The van der Waals surface area contributed by atoms with Crippen LogP contribution in [0.3, 0.4) is 0 Å². The van der Waals surface area contributed by atoms with E-state index in [1.807, 2.05) is 36.4 Å². The van der Waals surface area contributed by atoms with Gasteiger partial charge >= 0.3 is 0 Å². The maximum absolute atomic E-state index is 5.98. The van der Waals surface area contributed by atoms with Gasteiger partial charge in [-0.05, 0) is 66.1 Å². The summed E-state index contributed by atoms with van der Waals surface area (Å²) >= 11 is 0. The molecule has 3 aliphatic rings. The molecule has 1 aliphatic heterocycles. The fourth-order valence-corrected chi connectivity index (χ4v) is 5.58. The number of para-hydroxylation sites is 1. The number of anilines is 1. The van der Waals surface area contributed by atoms with Gasteiger partial charge in [-0.3, -0.25) is 4.90 Å². The second kappa shape index (κ2) is 5.62. The molecule has 134 valence electrons. The van der Waals surface area contributed by atoms with Crippen LogP contribution in [0.2, 0.25) is 0 Å². The zero-order valence-corrected chi connectivity index (χ0v) is 15.2. The maximum Gasteiger partial charge on any atom is 0.119 e. The number of likely N-dealkylation sites (tertiary alicyclic amines) is 1. The van der Waals surface area contributed by atoms with Crippen molar-refractivity contribution < 1.29 is 4.74 Å². The highest BCUT2D eigenvalue weighted by Crippen LogP contribution is 2.90. The fourth-order valence-electron chi connectivity index (χ4n) is 5.58. The van der Waals surface area contributed by atoms with Crippen LogP contribution in [0.25, 0.3) is 6.08 Å². The van der Waals surface area contributed by atoms with E-state index in [0.717, 1.165) is 30.5 Å². The first-order chi connectivity index (χ1) is 12.7. The van der Waals surface area contributed by atoms with Crippen LogP contribution in [0.4, 0.5) is 5.69 Å². The second-order valence-electron chi connectivity index (χ2n) is 8.12. The molecule has 1 heterocycles. The smallest absolute Gasteiger partial charge is 0.119 e. The van der Waals surface area contributed by atoms with Crippen LogP contribution >= 0.6 is 0 Å². The lowest BCUT2D eigenvalue weighted by Crippen LogP contribution is -2.29. The van der Waals surface area contributed by atoms with E-state index in [4.69, 9.17) is 10.5 Å². The highest BCUT2D eigenvalue weighted by molar-refractivity contribution is 5.66. The van der Waals surface area contributed by atoms with Crippen LogP contribution in [-0.4, -0.2) is 31.1 Å². The van der Waals surface area contributed by atoms with Gasteiger partial charge in [-0.1, -0.05) is 36.9 Å². The van der Waals surface area contributed by atoms with Crippen molar-refractivity contribution in [2.75, 3.05) is 32.0 Å². The summed E-state index contributed by atoms with van der Waals surface area (Å²) in [5, 5.41) is 0. The van der Waals surface area contributed by atoms with Crippen LogP contribution in [-0.2, 0) is 5.41 Å². The number of nitrogens with two attached hydrogens (primary N) is 1.